The number of benzene rings is 2. The van der Waals surface area contributed by atoms with E-state index in [1.807, 2.05) is 43.3 Å². The van der Waals surface area contributed by atoms with Crippen LogP contribution in [0.4, 0.5) is 5.69 Å². The quantitative estimate of drug-likeness (QED) is 0.304. The Morgan fingerprint density at radius 3 is 2.41 bits per heavy atom. The molecule has 2 aromatic rings. The number of hydrogen-bond acceptors (Lipinski definition) is 7. The van der Waals surface area contributed by atoms with E-state index in [0.29, 0.717) is 45.1 Å². The van der Waals surface area contributed by atoms with E-state index in [2.05, 4.69) is 5.32 Å². The van der Waals surface area contributed by atoms with E-state index < -0.39 is 12.2 Å². The van der Waals surface area contributed by atoms with Crippen molar-refractivity contribution in [2.75, 3.05) is 45.0 Å². The number of carbonyl (C=O) groups excluding carboxylic acids is 1. The van der Waals surface area contributed by atoms with Crippen LogP contribution in [0, 0.1) is 5.92 Å². The van der Waals surface area contributed by atoms with Gasteiger partial charge < -0.3 is 34.5 Å². The molecule has 0 spiro atoms. The number of aliphatic hydroxyl groups is 1. The van der Waals surface area contributed by atoms with Gasteiger partial charge in [-0.15, -0.1) is 0 Å². The van der Waals surface area contributed by atoms with Gasteiger partial charge in [-0.3, -0.25) is 4.79 Å². The molecular weight excluding hydrogens is 438 g/mol. The van der Waals surface area contributed by atoms with E-state index >= 15 is 0 Å². The van der Waals surface area contributed by atoms with Crippen LogP contribution < -0.4 is 5.32 Å². The van der Waals surface area contributed by atoms with Crippen molar-refractivity contribution in [2.24, 2.45) is 5.92 Å². The zero-order valence-corrected chi connectivity index (χ0v) is 19.4. The molecule has 3 N–H and O–H groups in total. The minimum Gasteiger partial charge on any atom is -0.506 e. The monoisotopic (exact) mass is 471 g/mol. The fourth-order valence-electron chi connectivity index (χ4n) is 3.86. The first-order chi connectivity index (χ1) is 16.6. The van der Waals surface area contributed by atoms with Gasteiger partial charge in [0.2, 0.25) is 6.29 Å². The Bertz CT molecular complexity index is 918. The maximum Gasteiger partial charge on any atom is 0.290 e. The lowest BCUT2D eigenvalue weighted by Gasteiger charge is -2.37. The number of ether oxygens (including phenoxy) is 4. The third kappa shape index (κ3) is 7.30. The van der Waals surface area contributed by atoms with E-state index in [1.54, 1.807) is 18.2 Å². The van der Waals surface area contributed by atoms with E-state index in [1.165, 1.54) is 6.07 Å². The van der Waals surface area contributed by atoms with Crippen LogP contribution in [-0.2, 0) is 23.7 Å². The molecule has 0 fully saturated rings. The van der Waals surface area contributed by atoms with Crippen molar-refractivity contribution in [2.45, 2.75) is 25.6 Å². The Balaban J connectivity index is 1.77. The summed E-state index contributed by atoms with van der Waals surface area (Å²) in [5.74, 6) is -0.549. The van der Waals surface area contributed by atoms with Crippen molar-refractivity contribution in [3.05, 3.63) is 72.0 Å². The van der Waals surface area contributed by atoms with Crippen LogP contribution in [0.2, 0.25) is 0 Å². The lowest BCUT2D eigenvalue weighted by Crippen LogP contribution is -2.38. The van der Waals surface area contributed by atoms with Gasteiger partial charge in [-0.05, 0) is 37.1 Å². The molecule has 0 unspecified atom stereocenters. The summed E-state index contributed by atoms with van der Waals surface area (Å²) in [5, 5.41) is 21.5. The van der Waals surface area contributed by atoms with Gasteiger partial charge in [-0.1, -0.05) is 42.5 Å². The number of amides is 1. The van der Waals surface area contributed by atoms with Gasteiger partial charge >= 0.3 is 0 Å². The van der Waals surface area contributed by atoms with Gasteiger partial charge in [-0.2, -0.15) is 0 Å². The number of phenolic OH excluding ortho intramolecular Hbond substituents is 1. The Kier molecular flexibility index (Phi) is 10.4. The Morgan fingerprint density at radius 1 is 1.00 bits per heavy atom. The standard InChI is InChI=1S/C26H33NO7/c1-2-33-26-20(12-14-31-16-17-32-15-13-28)21(19-8-4-3-5-9-19)18-24(34-26)25(30)27-22-10-6-7-11-23(22)29/h3-11,18,20-21,26,28-29H,2,12-17H2,1H3,(H,27,30)/t20-,21+,26+/m1/s1. The zero-order chi connectivity index (χ0) is 24.2. The van der Waals surface area contributed by atoms with E-state index in [-0.39, 0.29) is 30.0 Å². The highest BCUT2D eigenvalue weighted by molar-refractivity contribution is 6.03. The molecule has 1 heterocycles. The van der Waals surface area contributed by atoms with Crippen molar-refractivity contribution >= 4 is 11.6 Å². The van der Waals surface area contributed by atoms with Gasteiger partial charge in [0.25, 0.3) is 5.91 Å². The van der Waals surface area contributed by atoms with Crippen LogP contribution in [0.25, 0.3) is 0 Å². The number of allylic oxidation sites excluding steroid dienone is 1. The highest BCUT2D eigenvalue weighted by Gasteiger charge is 2.38. The molecule has 1 amide bonds. The molecule has 34 heavy (non-hydrogen) atoms. The molecule has 0 saturated heterocycles. The number of phenols is 1. The summed E-state index contributed by atoms with van der Waals surface area (Å²) in [6, 6.07) is 16.4. The molecule has 3 rings (SSSR count). The summed E-state index contributed by atoms with van der Waals surface area (Å²) in [6.45, 7) is 3.89. The first-order valence-corrected chi connectivity index (χ1v) is 11.5. The van der Waals surface area contributed by atoms with Crippen LogP contribution in [0.1, 0.15) is 24.8 Å². The summed E-state index contributed by atoms with van der Waals surface area (Å²) in [6.07, 6.45) is 1.82. The van der Waals surface area contributed by atoms with Gasteiger partial charge in [0.05, 0.1) is 32.1 Å². The second-order valence-corrected chi connectivity index (χ2v) is 7.78. The molecule has 1 aliphatic rings. The summed E-state index contributed by atoms with van der Waals surface area (Å²) in [4.78, 5) is 13.0. The molecule has 3 atom stereocenters. The molecule has 8 nitrogen and oxygen atoms in total. The minimum absolute atomic E-state index is 0.0136. The van der Waals surface area contributed by atoms with Gasteiger partial charge in [0, 0.05) is 25.0 Å². The average molecular weight is 472 g/mol. The number of hydrogen-bond donors (Lipinski definition) is 3. The van der Waals surface area contributed by atoms with Gasteiger partial charge in [-0.25, -0.2) is 0 Å². The number of aromatic hydroxyl groups is 1. The zero-order valence-electron chi connectivity index (χ0n) is 19.4. The SMILES string of the molecule is CCO[C@H]1OC(C(=O)Nc2ccccc2O)=C[C@@H](c2ccccc2)[C@H]1CCOCCOCCO. The molecule has 0 saturated carbocycles. The molecule has 0 aliphatic carbocycles. The predicted octanol–water partition coefficient (Wildman–Crippen LogP) is 3.42. The lowest BCUT2D eigenvalue weighted by atomic mass is 9.81. The Labute approximate surface area is 200 Å². The maximum atomic E-state index is 13.0. The maximum absolute atomic E-state index is 13.0. The fraction of sp³-hybridized carbons (Fsp3) is 0.423. The Morgan fingerprint density at radius 2 is 1.71 bits per heavy atom. The number of carbonyl (C=O) groups is 1. The van der Waals surface area contributed by atoms with Crippen molar-refractivity contribution < 1.29 is 34.0 Å². The van der Waals surface area contributed by atoms with E-state index in [0.717, 1.165) is 5.56 Å². The molecule has 0 radical (unpaired) electrons. The molecule has 2 aromatic carbocycles. The minimum atomic E-state index is -0.639. The first kappa shape index (κ1) is 25.7. The smallest absolute Gasteiger partial charge is 0.290 e. The lowest BCUT2D eigenvalue weighted by molar-refractivity contribution is -0.166. The number of nitrogens with one attached hydrogen (secondary N) is 1. The molecule has 1 aliphatic heterocycles. The molecular formula is C26H33NO7. The van der Waals surface area contributed by atoms with Crippen LogP contribution in [0.15, 0.2) is 66.4 Å². The third-order valence-electron chi connectivity index (χ3n) is 5.48. The summed E-state index contributed by atoms with van der Waals surface area (Å²) in [5.41, 5.74) is 1.35. The van der Waals surface area contributed by atoms with Crippen LogP contribution >= 0.6 is 0 Å². The topological polar surface area (TPSA) is 106 Å². The van der Waals surface area contributed by atoms with Gasteiger partial charge in [0.15, 0.2) is 5.76 Å². The molecule has 8 heteroatoms. The van der Waals surface area contributed by atoms with Crippen molar-refractivity contribution in [3.63, 3.8) is 0 Å². The predicted molar refractivity (Wildman–Crippen MR) is 127 cm³/mol. The molecule has 0 aromatic heterocycles. The highest BCUT2D eigenvalue weighted by atomic mass is 16.7. The second kappa shape index (κ2) is 13.7. The average Bonchev–Trinajstić information content (AvgIpc) is 2.86. The number of rotatable bonds is 13. The van der Waals surface area contributed by atoms with Crippen LogP contribution in [0.3, 0.4) is 0 Å². The third-order valence-corrected chi connectivity index (χ3v) is 5.48. The van der Waals surface area contributed by atoms with E-state index in [4.69, 9.17) is 24.1 Å². The first-order valence-electron chi connectivity index (χ1n) is 11.5. The fourth-order valence-corrected chi connectivity index (χ4v) is 3.86. The summed E-state index contributed by atoms with van der Waals surface area (Å²) in [7, 11) is 0. The van der Waals surface area contributed by atoms with Crippen molar-refractivity contribution in [1.82, 2.24) is 0 Å². The largest absolute Gasteiger partial charge is 0.506 e. The molecule has 0 bridgehead atoms. The van der Waals surface area contributed by atoms with E-state index in [9.17, 15) is 9.90 Å². The van der Waals surface area contributed by atoms with Gasteiger partial charge in [0.1, 0.15) is 5.75 Å². The summed E-state index contributed by atoms with van der Waals surface area (Å²) >= 11 is 0. The number of aliphatic hydroxyl groups excluding tert-OH is 1. The van der Waals surface area contributed by atoms with Crippen molar-refractivity contribution in [1.29, 1.82) is 0 Å². The number of para-hydroxylation sites is 2. The Hall–Kier alpha value is -2.91. The summed E-state index contributed by atoms with van der Waals surface area (Å²) < 4.78 is 22.9. The van der Waals surface area contributed by atoms with Crippen LogP contribution in [-0.4, -0.2) is 62.1 Å². The number of anilines is 1. The van der Waals surface area contributed by atoms with Crippen molar-refractivity contribution in [3.8, 4) is 5.75 Å². The second-order valence-electron chi connectivity index (χ2n) is 7.78. The van der Waals surface area contributed by atoms with Crippen LogP contribution in [0.5, 0.6) is 5.75 Å². The molecule has 184 valence electrons. The highest BCUT2D eigenvalue weighted by Crippen LogP contribution is 2.39. The normalized spacial score (nSPS) is 19.8.